The van der Waals surface area contributed by atoms with Crippen LogP contribution in [0.2, 0.25) is 5.02 Å². The quantitative estimate of drug-likeness (QED) is 0.839. The number of alkyl carbamates (subject to hydrolysis) is 1. The first-order valence-electron chi connectivity index (χ1n) is 4.83. The van der Waals surface area contributed by atoms with Crippen LogP contribution in [0.25, 0.3) is 0 Å². The molecule has 80 valence electrons. The first-order chi connectivity index (χ1) is 7.15. The number of ether oxygens (including phenoxy) is 1. The van der Waals surface area contributed by atoms with E-state index in [1.807, 2.05) is 25.1 Å². The molecule has 1 atom stereocenters. The van der Waals surface area contributed by atoms with Gasteiger partial charge in [-0.05, 0) is 30.5 Å². The molecule has 2 rings (SSSR count). The molecule has 3 nitrogen and oxygen atoms in total. The third kappa shape index (κ3) is 2.42. The van der Waals surface area contributed by atoms with Crippen molar-refractivity contribution in [1.82, 2.24) is 5.32 Å². The Hall–Kier alpha value is -1.22. The molecule has 0 unspecified atom stereocenters. The van der Waals surface area contributed by atoms with Crippen molar-refractivity contribution in [2.75, 3.05) is 6.61 Å². The molecule has 0 aromatic heterocycles. The highest BCUT2D eigenvalue weighted by Crippen LogP contribution is 2.19. The van der Waals surface area contributed by atoms with Crippen LogP contribution in [0.1, 0.15) is 11.1 Å². The zero-order valence-corrected chi connectivity index (χ0v) is 9.17. The minimum absolute atomic E-state index is 0.0395. The van der Waals surface area contributed by atoms with Gasteiger partial charge in [0.15, 0.2) is 0 Å². The molecule has 1 fully saturated rings. The number of benzene rings is 1. The van der Waals surface area contributed by atoms with Gasteiger partial charge in [0, 0.05) is 5.02 Å². The summed E-state index contributed by atoms with van der Waals surface area (Å²) in [6.45, 7) is 2.42. The van der Waals surface area contributed by atoms with Crippen molar-refractivity contribution in [2.24, 2.45) is 0 Å². The average molecular weight is 226 g/mol. The smallest absolute Gasteiger partial charge is 0.407 e. The van der Waals surface area contributed by atoms with Gasteiger partial charge in [-0.3, -0.25) is 0 Å². The second-order valence-corrected chi connectivity index (χ2v) is 4.15. The Balaban J connectivity index is 2.07. The second kappa shape index (κ2) is 4.11. The Morgan fingerprint density at radius 3 is 3.00 bits per heavy atom. The fourth-order valence-corrected chi connectivity index (χ4v) is 1.93. The highest BCUT2D eigenvalue weighted by Gasteiger charge is 2.22. The van der Waals surface area contributed by atoms with E-state index < -0.39 is 0 Å². The van der Waals surface area contributed by atoms with E-state index in [1.54, 1.807) is 0 Å². The van der Waals surface area contributed by atoms with Gasteiger partial charge in [-0.15, -0.1) is 0 Å². The molecule has 0 bridgehead atoms. The lowest BCUT2D eigenvalue weighted by Crippen LogP contribution is -2.28. The van der Waals surface area contributed by atoms with Crippen LogP contribution in [0, 0.1) is 6.92 Å². The highest BCUT2D eigenvalue weighted by molar-refractivity contribution is 6.31. The molecule has 0 radical (unpaired) electrons. The van der Waals surface area contributed by atoms with Crippen molar-refractivity contribution < 1.29 is 9.53 Å². The lowest BCUT2D eigenvalue weighted by atomic mass is 10.1. The molecular formula is C11H12ClNO2. The molecule has 1 amide bonds. The van der Waals surface area contributed by atoms with E-state index in [0.717, 1.165) is 16.1 Å². The lowest BCUT2D eigenvalue weighted by molar-refractivity contribution is 0.177. The largest absolute Gasteiger partial charge is 0.447 e. The van der Waals surface area contributed by atoms with E-state index in [9.17, 15) is 4.79 Å². The molecule has 1 heterocycles. The Morgan fingerprint density at radius 1 is 1.60 bits per heavy atom. The summed E-state index contributed by atoms with van der Waals surface area (Å²) in [7, 11) is 0. The number of halogens is 1. The van der Waals surface area contributed by atoms with Gasteiger partial charge in [0.05, 0.1) is 6.04 Å². The predicted octanol–water partition coefficient (Wildman–Crippen LogP) is 2.30. The van der Waals surface area contributed by atoms with Gasteiger partial charge in [0.25, 0.3) is 0 Å². The molecular weight excluding hydrogens is 214 g/mol. The maximum absolute atomic E-state index is 10.8. The Kier molecular flexibility index (Phi) is 2.82. The van der Waals surface area contributed by atoms with Gasteiger partial charge in [0.1, 0.15) is 6.61 Å². The van der Waals surface area contributed by atoms with Crippen LogP contribution in [0.4, 0.5) is 4.79 Å². The second-order valence-electron chi connectivity index (χ2n) is 3.74. The first-order valence-corrected chi connectivity index (χ1v) is 5.21. The SMILES string of the molecule is Cc1ccc(C[C@@H]2COC(=O)N2)c(Cl)c1. The number of hydrogen-bond acceptors (Lipinski definition) is 2. The van der Waals surface area contributed by atoms with E-state index in [4.69, 9.17) is 16.3 Å². The molecule has 1 saturated heterocycles. The number of nitrogens with one attached hydrogen (secondary N) is 1. The van der Waals surface area contributed by atoms with Gasteiger partial charge in [-0.1, -0.05) is 23.7 Å². The Labute approximate surface area is 93.4 Å². The van der Waals surface area contributed by atoms with Gasteiger partial charge in [0.2, 0.25) is 0 Å². The van der Waals surface area contributed by atoms with Crippen LogP contribution < -0.4 is 5.32 Å². The van der Waals surface area contributed by atoms with Crippen molar-refractivity contribution in [3.63, 3.8) is 0 Å². The summed E-state index contributed by atoms with van der Waals surface area (Å²) in [5, 5.41) is 3.47. The van der Waals surface area contributed by atoms with E-state index in [1.165, 1.54) is 0 Å². The van der Waals surface area contributed by atoms with E-state index in [0.29, 0.717) is 13.0 Å². The fourth-order valence-electron chi connectivity index (χ4n) is 1.62. The molecule has 0 saturated carbocycles. The monoisotopic (exact) mass is 225 g/mol. The van der Waals surface area contributed by atoms with Gasteiger partial charge >= 0.3 is 6.09 Å². The van der Waals surface area contributed by atoms with Crippen molar-refractivity contribution >= 4 is 17.7 Å². The van der Waals surface area contributed by atoms with Crippen molar-refractivity contribution in [1.29, 1.82) is 0 Å². The van der Waals surface area contributed by atoms with E-state index in [-0.39, 0.29) is 12.1 Å². The van der Waals surface area contributed by atoms with Crippen LogP contribution in [0.5, 0.6) is 0 Å². The minimum atomic E-state index is -0.344. The lowest BCUT2D eigenvalue weighted by Gasteiger charge is -2.09. The molecule has 1 aliphatic heterocycles. The zero-order valence-electron chi connectivity index (χ0n) is 8.42. The molecule has 15 heavy (non-hydrogen) atoms. The van der Waals surface area contributed by atoms with E-state index in [2.05, 4.69) is 5.32 Å². The summed E-state index contributed by atoms with van der Waals surface area (Å²) in [4.78, 5) is 10.8. The number of hydrogen-bond donors (Lipinski definition) is 1. The number of cyclic esters (lactones) is 1. The summed E-state index contributed by atoms with van der Waals surface area (Å²) in [5.41, 5.74) is 2.17. The summed E-state index contributed by atoms with van der Waals surface area (Å²) in [5.74, 6) is 0. The summed E-state index contributed by atoms with van der Waals surface area (Å²) >= 11 is 6.09. The van der Waals surface area contributed by atoms with Crippen molar-refractivity contribution in [3.8, 4) is 0 Å². The van der Waals surface area contributed by atoms with Gasteiger partial charge in [-0.25, -0.2) is 4.79 Å². The number of aryl methyl sites for hydroxylation is 1. The Morgan fingerprint density at radius 2 is 2.40 bits per heavy atom. The van der Waals surface area contributed by atoms with Crippen molar-refractivity contribution in [3.05, 3.63) is 34.3 Å². The number of carbonyl (C=O) groups is 1. The average Bonchev–Trinajstić information content (AvgIpc) is 2.56. The fraction of sp³-hybridized carbons (Fsp3) is 0.364. The molecule has 1 aromatic carbocycles. The standard InChI is InChI=1S/C11H12ClNO2/c1-7-2-3-8(10(12)4-7)5-9-6-15-11(14)13-9/h2-4,9H,5-6H2,1H3,(H,13,14)/t9-/m1/s1. The molecule has 1 N–H and O–H groups in total. The normalized spacial score (nSPS) is 19.9. The predicted molar refractivity (Wildman–Crippen MR) is 58.2 cm³/mol. The molecule has 1 aromatic rings. The Bertz CT molecular complexity index is 392. The van der Waals surface area contributed by atoms with Gasteiger partial charge in [-0.2, -0.15) is 0 Å². The molecule has 0 aliphatic carbocycles. The summed E-state index contributed by atoms with van der Waals surface area (Å²) in [6.07, 6.45) is 0.369. The number of amides is 1. The molecule has 0 spiro atoms. The maximum atomic E-state index is 10.8. The van der Waals surface area contributed by atoms with Crippen LogP contribution in [0.15, 0.2) is 18.2 Å². The van der Waals surface area contributed by atoms with Crippen molar-refractivity contribution in [2.45, 2.75) is 19.4 Å². The molecule has 1 aliphatic rings. The number of rotatable bonds is 2. The van der Waals surface area contributed by atoms with Crippen LogP contribution >= 0.6 is 11.6 Å². The third-order valence-corrected chi connectivity index (χ3v) is 2.76. The van der Waals surface area contributed by atoms with Gasteiger partial charge < -0.3 is 10.1 Å². The van der Waals surface area contributed by atoms with Crippen LogP contribution in [0.3, 0.4) is 0 Å². The van der Waals surface area contributed by atoms with Crippen LogP contribution in [-0.4, -0.2) is 18.7 Å². The maximum Gasteiger partial charge on any atom is 0.407 e. The highest BCUT2D eigenvalue weighted by atomic mass is 35.5. The molecule has 4 heteroatoms. The topological polar surface area (TPSA) is 38.3 Å². The number of carbonyl (C=O) groups excluding carboxylic acids is 1. The third-order valence-electron chi connectivity index (χ3n) is 2.41. The van der Waals surface area contributed by atoms with Crippen LogP contribution in [-0.2, 0) is 11.2 Å². The first kappa shape index (κ1) is 10.3. The minimum Gasteiger partial charge on any atom is -0.447 e. The summed E-state index contributed by atoms with van der Waals surface area (Å²) < 4.78 is 4.81. The zero-order chi connectivity index (χ0) is 10.8. The van der Waals surface area contributed by atoms with E-state index >= 15 is 0 Å². The summed E-state index contributed by atoms with van der Waals surface area (Å²) in [6, 6.07) is 5.97.